The van der Waals surface area contributed by atoms with Gasteiger partial charge in [-0.3, -0.25) is 10.1 Å². The van der Waals surface area contributed by atoms with Crippen molar-refractivity contribution in [3.63, 3.8) is 0 Å². The van der Waals surface area contributed by atoms with E-state index in [9.17, 15) is 18.8 Å². The standard InChI is InChI=1S/C23H23Cl2F2N7O2/c1-3-33(21(35)13(2)29)19-11-34(32-20(19)14-7-8-17(24)18(25)9-14)23(30-12-28)31-15-5-4-6-16(10-15)36-22(26)27/h4-10,13,19,22H,3,11,29H2,1-2H3,(H,30,31). The second kappa shape index (κ2) is 12.0. The lowest BCUT2D eigenvalue weighted by molar-refractivity contribution is -0.133. The fourth-order valence-electron chi connectivity index (χ4n) is 3.62. The molecule has 3 rings (SSSR count). The van der Waals surface area contributed by atoms with Gasteiger partial charge in [-0.2, -0.15) is 19.1 Å². The number of hydrogen-bond donors (Lipinski definition) is 2. The van der Waals surface area contributed by atoms with E-state index in [-0.39, 0.29) is 29.8 Å². The maximum absolute atomic E-state index is 12.9. The van der Waals surface area contributed by atoms with Crippen molar-refractivity contribution >= 4 is 46.5 Å². The number of nitrogens with zero attached hydrogens (tertiary/aromatic N) is 5. The molecular weight excluding hydrogens is 515 g/mol. The van der Waals surface area contributed by atoms with E-state index in [2.05, 4.69) is 20.1 Å². The summed E-state index contributed by atoms with van der Waals surface area (Å²) in [5, 5.41) is 18.5. The molecule has 9 nitrogen and oxygen atoms in total. The van der Waals surface area contributed by atoms with E-state index in [1.165, 1.54) is 23.2 Å². The number of hydrogen-bond acceptors (Lipinski definition) is 6. The van der Waals surface area contributed by atoms with Gasteiger partial charge in [0.1, 0.15) is 5.75 Å². The summed E-state index contributed by atoms with van der Waals surface area (Å²) in [6.45, 7) is 0.868. The highest BCUT2D eigenvalue weighted by Gasteiger charge is 2.37. The van der Waals surface area contributed by atoms with Crippen molar-refractivity contribution in [2.75, 3.05) is 13.1 Å². The van der Waals surface area contributed by atoms with Crippen LogP contribution in [0.4, 0.5) is 14.5 Å². The lowest BCUT2D eigenvalue weighted by Gasteiger charge is -2.30. The van der Waals surface area contributed by atoms with Gasteiger partial charge in [-0.05, 0) is 38.1 Å². The number of halogens is 4. The normalized spacial score (nSPS) is 16.4. The molecule has 1 heterocycles. The molecule has 0 aromatic heterocycles. The van der Waals surface area contributed by atoms with Crippen LogP contribution in [0.15, 0.2) is 52.6 Å². The lowest BCUT2D eigenvalue weighted by Crippen LogP contribution is -2.52. The summed E-state index contributed by atoms with van der Waals surface area (Å²) < 4.78 is 29.7. The lowest BCUT2D eigenvalue weighted by atomic mass is 10.0. The molecule has 1 aliphatic heterocycles. The van der Waals surface area contributed by atoms with Crippen molar-refractivity contribution in [3.8, 4) is 11.9 Å². The molecule has 0 radical (unpaired) electrons. The summed E-state index contributed by atoms with van der Waals surface area (Å²) >= 11 is 12.3. The Bertz CT molecular complexity index is 1220. The van der Waals surface area contributed by atoms with Gasteiger partial charge in [0.15, 0.2) is 6.19 Å². The molecule has 2 aromatic carbocycles. The number of nitrogens with two attached hydrogens (primary N) is 1. The molecule has 1 aliphatic rings. The van der Waals surface area contributed by atoms with E-state index < -0.39 is 18.7 Å². The fraction of sp³-hybridized carbons (Fsp3) is 0.304. The SMILES string of the molecule is CCN(C(=O)C(C)N)C1CN(C(=Nc2cccc(OC(F)F)c2)NC#N)N=C1c1ccc(Cl)c(Cl)c1. The largest absolute Gasteiger partial charge is 0.435 e. The number of rotatable bonds is 7. The Morgan fingerprint density at radius 1 is 1.36 bits per heavy atom. The monoisotopic (exact) mass is 537 g/mol. The molecule has 0 bridgehead atoms. The van der Waals surface area contributed by atoms with Gasteiger partial charge in [0.2, 0.25) is 11.9 Å². The first-order valence-electron chi connectivity index (χ1n) is 10.8. The van der Waals surface area contributed by atoms with E-state index in [1.807, 2.05) is 6.92 Å². The molecule has 0 fully saturated rings. The van der Waals surface area contributed by atoms with Crippen LogP contribution in [0.3, 0.4) is 0 Å². The van der Waals surface area contributed by atoms with Crippen molar-refractivity contribution in [2.45, 2.75) is 32.5 Å². The molecule has 36 heavy (non-hydrogen) atoms. The van der Waals surface area contributed by atoms with Crippen molar-refractivity contribution in [1.29, 1.82) is 5.26 Å². The van der Waals surface area contributed by atoms with Gasteiger partial charge in [-0.1, -0.05) is 35.3 Å². The Morgan fingerprint density at radius 2 is 2.11 bits per heavy atom. The Hall–Kier alpha value is -3.46. The number of alkyl halides is 2. The highest BCUT2D eigenvalue weighted by molar-refractivity contribution is 6.42. The van der Waals surface area contributed by atoms with Crippen molar-refractivity contribution in [2.24, 2.45) is 15.8 Å². The van der Waals surface area contributed by atoms with Crippen LogP contribution in [0.25, 0.3) is 0 Å². The second-order valence-corrected chi connectivity index (χ2v) is 8.49. The predicted octanol–water partition coefficient (Wildman–Crippen LogP) is 3.94. The molecule has 0 saturated carbocycles. The third-order valence-electron chi connectivity index (χ3n) is 5.18. The third-order valence-corrected chi connectivity index (χ3v) is 5.92. The average molecular weight is 538 g/mol. The van der Waals surface area contributed by atoms with Crippen LogP contribution in [-0.4, -0.2) is 59.3 Å². The topological polar surface area (TPSA) is 119 Å². The smallest absolute Gasteiger partial charge is 0.387 e. The van der Waals surface area contributed by atoms with E-state index >= 15 is 0 Å². The summed E-state index contributed by atoms with van der Waals surface area (Å²) in [4.78, 5) is 18.8. The summed E-state index contributed by atoms with van der Waals surface area (Å²) in [6, 6.07) is 9.32. The number of carbonyl (C=O) groups is 1. The molecule has 1 amide bonds. The highest BCUT2D eigenvalue weighted by atomic mass is 35.5. The first kappa shape index (κ1) is 27.1. The van der Waals surface area contributed by atoms with E-state index in [0.29, 0.717) is 27.9 Å². The highest BCUT2D eigenvalue weighted by Crippen LogP contribution is 2.28. The number of carbonyl (C=O) groups excluding carboxylic acids is 1. The zero-order chi connectivity index (χ0) is 26.4. The third kappa shape index (κ3) is 6.40. The average Bonchev–Trinajstić information content (AvgIpc) is 3.26. The summed E-state index contributed by atoms with van der Waals surface area (Å²) in [6.07, 6.45) is 1.80. The number of hydrazone groups is 1. The molecule has 2 unspecified atom stereocenters. The molecule has 0 saturated heterocycles. The number of ether oxygens (including phenoxy) is 1. The number of nitriles is 1. The predicted molar refractivity (Wildman–Crippen MR) is 133 cm³/mol. The number of likely N-dealkylation sites (N-methyl/N-ethyl adjacent to an activating group) is 1. The summed E-state index contributed by atoms with van der Waals surface area (Å²) in [5.74, 6) is -0.377. The van der Waals surface area contributed by atoms with Gasteiger partial charge < -0.3 is 15.4 Å². The number of guanidine groups is 1. The van der Waals surface area contributed by atoms with E-state index in [1.54, 1.807) is 42.3 Å². The Morgan fingerprint density at radius 3 is 2.72 bits per heavy atom. The summed E-state index contributed by atoms with van der Waals surface area (Å²) in [7, 11) is 0. The van der Waals surface area contributed by atoms with Crippen LogP contribution in [0.2, 0.25) is 10.0 Å². The molecule has 0 spiro atoms. The molecule has 13 heteroatoms. The quantitative estimate of drug-likeness (QED) is 0.239. The van der Waals surface area contributed by atoms with Crippen LogP contribution in [0.5, 0.6) is 5.75 Å². The molecule has 2 atom stereocenters. The van der Waals surface area contributed by atoms with Crippen LogP contribution >= 0.6 is 23.2 Å². The van der Waals surface area contributed by atoms with E-state index in [0.717, 1.165) is 0 Å². The Kier molecular flexibility index (Phi) is 9.03. The molecule has 0 aliphatic carbocycles. The minimum atomic E-state index is -3.00. The van der Waals surface area contributed by atoms with Crippen LogP contribution in [0.1, 0.15) is 19.4 Å². The summed E-state index contributed by atoms with van der Waals surface area (Å²) in [5.41, 5.74) is 7.20. The van der Waals surface area contributed by atoms with Crippen molar-refractivity contribution < 1.29 is 18.3 Å². The maximum Gasteiger partial charge on any atom is 0.387 e. The zero-order valence-electron chi connectivity index (χ0n) is 19.3. The van der Waals surface area contributed by atoms with Gasteiger partial charge in [0.05, 0.1) is 40.1 Å². The van der Waals surface area contributed by atoms with Crippen molar-refractivity contribution in [3.05, 3.63) is 58.1 Å². The van der Waals surface area contributed by atoms with Crippen LogP contribution in [-0.2, 0) is 4.79 Å². The number of amides is 1. The molecular formula is C23H23Cl2F2N7O2. The maximum atomic E-state index is 12.9. The van der Waals surface area contributed by atoms with Crippen LogP contribution in [0, 0.1) is 11.5 Å². The number of benzene rings is 2. The first-order chi connectivity index (χ1) is 17.1. The number of nitrogens with one attached hydrogen (secondary N) is 1. The van der Waals surface area contributed by atoms with Gasteiger partial charge in [-0.25, -0.2) is 10.0 Å². The minimum absolute atomic E-state index is 0.0102. The van der Waals surface area contributed by atoms with Gasteiger partial charge in [-0.15, -0.1) is 0 Å². The second-order valence-electron chi connectivity index (χ2n) is 7.67. The van der Waals surface area contributed by atoms with Gasteiger partial charge >= 0.3 is 6.61 Å². The fourth-order valence-corrected chi connectivity index (χ4v) is 3.91. The minimum Gasteiger partial charge on any atom is -0.435 e. The van der Waals surface area contributed by atoms with Gasteiger partial charge in [0.25, 0.3) is 0 Å². The van der Waals surface area contributed by atoms with E-state index in [4.69, 9.17) is 28.9 Å². The van der Waals surface area contributed by atoms with Gasteiger partial charge in [0, 0.05) is 18.2 Å². The molecule has 190 valence electrons. The Balaban J connectivity index is 2.06. The van der Waals surface area contributed by atoms with Crippen LogP contribution < -0.4 is 15.8 Å². The van der Waals surface area contributed by atoms with Crippen molar-refractivity contribution in [1.82, 2.24) is 15.2 Å². The zero-order valence-corrected chi connectivity index (χ0v) is 20.8. The first-order valence-corrected chi connectivity index (χ1v) is 11.6. The molecule has 2 aromatic rings. The molecule has 3 N–H and O–H groups in total. The number of aliphatic imine (C=N–C) groups is 1. The Labute approximate surface area is 216 Å².